The third-order valence-corrected chi connectivity index (χ3v) is 6.24. The van der Waals surface area contributed by atoms with Gasteiger partial charge in [0.05, 0.1) is 12.2 Å². The molecule has 0 atom stereocenters. The van der Waals surface area contributed by atoms with Crippen LogP contribution in [0.2, 0.25) is 0 Å². The van der Waals surface area contributed by atoms with Gasteiger partial charge in [-0.15, -0.1) is 0 Å². The molecule has 1 N–H and O–H groups in total. The van der Waals surface area contributed by atoms with Gasteiger partial charge in [0.25, 0.3) is 0 Å². The van der Waals surface area contributed by atoms with Crippen LogP contribution in [0.4, 0.5) is 10.5 Å². The molecule has 3 heterocycles. The summed E-state index contributed by atoms with van der Waals surface area (Å²) in [6.45, 7) is 6.65. The van der Waals surface area contributed by atoms with Gasteiger partial charge in [-0.25, -0.2) is 4.79 Å². The SMILES string of the molecule is CC(C)(C)OC(=O)N1CCc2ccc(NC(=O)C=Cc3cnccc3-c3cnn(C4CC4)c3)cc2C1. The molecule has 1 aliphatic heterocycles. The van der Waals surface area contributed by atoms with Crippen LogP contribution < -0.4 is 5.32 Å². The number of hydrogen-bond donors (Lipinski definition) is 1. The van der Waals surface area contributed by atoms with E-state index in [4.69, 9.17) is 4.74 Å². The predicted octanol–water partition coefficient (Wildman–Crippen LogP) is 5.23. The molecular weight excluding hydrogens is 454 g/mol. The average Bonchev–Trinajstić information content (AvgIpc) is 3.58. The van der Waals surface area contributed by atoms with E-state index in [0.29, 0.717) is 24.8 Å². The molecule has 5 rings (SSSR count). The highest BCUT2D eigenvalue weighted by Crippen LogP contribution is 2.35. The van der Waals surface area contributed by atoms with Gasteiger partial charge in [0.1, 0.15) is 5.60 Å². The van der Waals surface area contributed by atoms with Crippen molar-refractivity contribution in [3.05, 3.63) is 71.8 Å². The molecule has 1 aliphatic carbocycles. The number of nitrogens with one attached hydrogen (secondary N) is 1. The number of pyridine rings is 1. The van der Waals surface area contributed by atoms with Crippen LogP contribution in [0.1, 0.15) is 56.3 Å². The minimum atomic E-state index is -0.536. The Labute approximate surface area is 211 Å². The lowest BCUT2D eigenvalue weighted by atomic mass is 9.99. The average molecular weight is 486 g/mol. The summed E-state index contributed by atoms with van der Waals surface area (Å²) in [5.74, 6) is -0.238. The second-order valence-electron chi connectivity index (χ2n) is 10.4. The fraction of sp³-hybridized carbons (Fsp3) is 0.357. The van der Waals surface area contributed by atoms with E-state index in [2.05, 4.69) is 21.6 Å². The van der Waals surface area contributed by atoms with Crippen molar-refractivity contribution in [1.82, 2.24) is 19.7 Å². The summed E-state index contributed by atoms with van der Waals surface area (Å²) in [5, 5.41) is 7.41. The Morgan fingerprint density at radius 3 is 2.75 bits per heavy atom. The maximum Gasteiger partial charge on any atom is 0.410 e. The number of fused-ring (bicyclic) bond motifs is 1. The first-order chi connectivity index (χ1) is 17.2. The van der Waals surface area contributed by atoms with Gasteiger partial charge in [0.2, 0.25) is 5.91 Å². The highest BCUT2D eigenvalue weighted by atomic mass is 16.6. The number of carbonyl (C=O) groups excluding carboxylic acids is 2. The predicted molar refractivity (Wildman–Crippen MR) is 138 cm³/mol. The van der Waals surface area contributed by atoms with E-state index >= 15 is 0 Å². The number of anilines is 1. The zero-order chi connectivity index (χ0) is 25.3. The second kappa shape index (κ2) is 9.60. The van der Waals surface area contributed by atoms with Crippen LogP contribution in [0.15, 0.2) is 55.1 Å². The van der Waals surface area contributed by atoms with E-state index in [1.165, 1.54) is 24.5 Å². The number of rotatable bonds is 5. The smallest absolute Gasteiger partial charge is 0.410 e. The van der Waals surface area contributed by atoms with Crippen LogP contribution in [0.3, 0.4) is 0 Å². The molecule has 8 nitrogen and oxygen atoms in total. The lowest BCUT2D eigenvalue weighted by molar-refractivity contribution is -0.111. The van der Waals surface area contributed by atoms with Crippen molar-refractivity contribution in [2.45, 2.75) is 58.2 Å². The summed E-state index contributed by atoms with van der Waals surface area (Å²) >= 11 is 0. The number of benzene rings is 1. The molecule has 2 aromatic heterocycles. The lowest BCUT2D eigenvalue weighted by Gasteiger charge is -2.31. The monoisotopic (exact) mass is 485 g/mol. The first-order valence-corrected chi connectivity index (χ1v) is 12.3. The minimum Gasteiger partial charge on any atom is -0.444 e. The zero-order valence-corrected chi connectivity index (χ0v) is 20.9. The van der Waals surface area contributed by atoms with Crippen LogP contribution in [0.5, 0.6) is 0 Å². The number of nitrogens with zero attached hydrogens (tertiary/aromatic N) is 4. The molecule has 3 aromatic rings. The number of carbonyl (C=O) groups is 2. The summed E-state index contributed by atoms with van der Waals surface area (Å²) in [5.41, 5.74) is 5.18. The van der Waals surface area contributed by atoms with Crippen LogP contribution in [0.25, 0.3) is 17.2 Å². The zero-order valence-electron chi connectivity index (χ0n) is 20.9. The standard InChI is InChI=1S/C28H31N5O3/c1-28(2,3)36-27(35)32-13-11-19-4-6-23(14-21(19)17-32)31-26(34)9-5-20-15-29-12-10-25(20)22-16-30-33(18-22)24-7-8-24/h4-6,9-10,12,14-16,18,24H,7-8,11,13,17H2,1-3H3,(H,31,34). The number of ether oxygens (including phenoxy) is 1. The number of aromatic nitrogens is 3. The largest absolute Gasteiger partial charge is 0.444 e. The van der Waals surface area contributed by atoms with Crippen LogP contribution in [-0.4, -0.2) is 43.8 Å². The number of hydrogen-bond acceptors (Lipinski definition) is 5. The lowest BCUT2D eigenvalue weighted by Crippen LogP contribution is -2.39. The molecular formula is C28H31N5O3. The molecule has 2 aliphatic rings. The Hall–Kier alpha value is -3.94. The molecule has 0 spiro atoms. The molecule has 0 saturated heterocycles. The van der Waals surface area contributed by atoms with E-state index in [1.54, 1.807) is 23.4 Å². The maximum absolute atomic E-state index is 12.7. The molecule has 186 valence electrons. The third kappa shape index (κ3) is 5.64. The Morgan fingerprint density at radius 2 is 1.97 bits per heavy atom. The van der Waals surface area contributed by atoms with Gasteiger partial charge in [-0.2, -0.15) is 5.10 Å². The van der Waals surface area contributed by atoms with Crippen LogP contribution >= 0.6 is 0 Å². The van der Waals surface area contributed by atoms with Crippen molar-refractivity contribution < 1.29 is 14.3 Å². The van der Waals surface area contributed by atoms with Gasteiger partial charge in [-0.1, -0.05) is 6.07 Å². The quantitative estimate of drug-likeness (QED) is 0.500. The minimum absolute atomic E-state index is 0.238. The molecule has 0 bridgehead atoms. The van der Waals surface area contributed by atoms with E-state index in [0.717, 1.165) is 28.7 Å². The molecule has 1 aromatic carbocycles. The van der Waals surface area contributed by atoms with Crippen molar-refractivity contribution in [3.63, 3.8) is 0 Å². The van der Waals surface area contributed by atoms with Gasteiger partial charge >= 0.3 is 6.09 Å². The van der Waals surface area contributed by atoms with Crippen molar-refractivity contribution >= 4 is 23.8 Å². The first kappa shape index (κ1) is 23.8. The van der Waals surface area contributed by atoms with Gasteiger partial charge < -0.3 is 15.0 Å². The van der Waals surface area contributed by atoms with Crippen molar-refractivity contribution in [2.24, 2.45) is 0 Å². The molecule has 2 amide bonds. The molecule has 1 saturated carbocycles. The van der Waals surface area contributed by atoms with Gasteiger partial charge in [-0.05, 0) is 81.0 Å². The molecule has 36 heavy (non-hydrogen) atoms. The van der Waals surface area contributed by atoms with E-state index in [-0.39, 0.29) is 12.0 Å². The topological polar surface area (TPSA) is 89.3 Å². The number of amides is 2. The molecule has 0 radical (unpaired) electrons. The van der Waals surface area contributed by atoms with E-state index in [1.807, 2.05) is 55.9 Å². The summed E-state index contributed by atoms with van der Waals surface area (Å²) in [6.07, 6.45) is 13.5. The molecule has 8 heteroatoms. The second-order valence-corrected chi connectivity index (χ2v) is 10.4. The van der Waals surface area contributed by atoms with Crippen LogP contribution in [0, 0.1) is 0 Å². The van der Waals surface area contributed by atoms with E-state index in [9.17, 15) is 9.59 Å². The van der Waals surface area contributed by atoms with Gasteiger partial charge in [0.15, 0.2) is 0 Å². The fourth-order valence-corrected chi connectivity index (χ4v) is 4.28. The van der Waals surface area contributed by atoms with Gasteiger partial charge in [0, 0.05) is 54.6 Å². The van der Waals surface area contributed by atoms with Crippen molar-refractivity contribution in [2.75, 3.05) is 11.9 Å². The highest BCUT2D eigenvalue weighted by molar-refractivity contribution is 6.02. The molecule has 0 unspecified atom stereocenters. The highest BCUT2D eigenvalue weighted by Gasteiger charge is 2.26. The summed E-state index contributed by atoms with van der Waals surface area (Å²) < 4.78 is 7.53. The summed E-state index contributed by atoms with van der Waals surface area (Å²) in [6, 6.07) is 8.29. The Morgan fingerprint density at radius 1 is 1.14 bits per heavy atom. The van der Waals surface area contributed by atoms with Crippen molar-refractivity contribution in [1.29, 1.82) is 0 Å². The fourth-order valence-electron chi connectivity index (χ4n) is 4.28. The Balaban J connectivity index is 1.25. The summed E-state index contributed by atoms with van der Waals surface area (Å²) in [7, 11) is 0. The third-order valence-electron chi connectivity index (χ3n) is 6.24. The summed E-state index contributed by atoms with van der Waals surface area (Å²) in [4.78, 5) is 31.1. The Bertz CT molecular complexity index is 1320. The maximum atomic E-state index is 12.7. The first-order valence-electron chi connectivity index (χ1n) is 12.3. The normalized spacial score (nSPS) is 15.6. The molecule has 1 fully saturated rings. The Kier molecular flexibility index (Phi) is 6.35. The van der Waals surface area contributed by atoms with Gasteiger partial charge in [-0.3, -0.25) is 14.5 Å². The van der Waals surface area contributed by atoms with Crippen LogP contribution in [-0.2, 0) is 22.5 Å². The van der Waals surface area contributed by atoms with Crippen molar-refractivity contribution in [3.8, 4) is 11.1 Å². The van der Waals surface area contributed by atoms with E-state index < -0.39 is 5.60 Å².